The Morgan fingerprint density at radius 1 is 1.28 bits per heavy atom. The van der Waals surface area contributed by atoms with Crippen molar-refractivity contribution < 1.29 is 4.74 Å². The minimum atomic E-state index is -0.102. The molecule has 1 aromatic heterocycles. The van der Waals surface area contributed by atoms with Crippen molar-refractivity contribution in [3.63, 3.8) is 0 Å². The Labute approximate surface area is 108 Å². The number of ether oxygens (including phenoxy) is 1. The lowest BCUT2D eigenvalue weighted by atomic mass is 10.1. The molecule has 1 aromatic carbocycles. The topological polar surface area (TPSA) is 53.1 Å². The zero-order chi connectivity index (χ0) is 13.5. The van der Waals surface area contributed by atoms with E-state index in [1.54, 1.807) is 0 Å². The van der Waals surface area contributed by atoms with E-state index < -0.39 is 0 Å². The molecule has 2 aromatic rings. The summed E-state index contributed by atoms with van der Waals surface area (Å²) in [5.74, 6) is 1.31. The Kier molecular flexibility index (Phi) is 2.97. The molecule has 0 atom stereocenters. The summed E-state index contributed by atoms with van der Waals surface area (Å²) in [6.07, 6.45) is 0.122. The number of nitrogen functional groups attached to an aromatic ring is 1. The van der Waals surface area contributed by atoms with Crippen molar-refractivity contribution in [2.45, 2.75) is 46.3 Å². The third kappa shape index (κ3) is 2.15. The van der Waals surface area contributed by atoms with Gasteiger partial charge in [0.05, 0.1) is 11.6 Å². The molecule has 2 N–H and O–H groups in total. The smallest absolute Gasteiger partial charge is 0.201 e. The Morgan fingerprint density at radius 3 is 2.50 bits per heavy atom. The van der Waals surface area contributed by atoms with E-state index in [1.165, 1.54) is 0 Å². The van der Waals surface area contributed by atoms with E-state index in [0.717, 1.165) is 16.8 Å². The minimum absolute atomic E-state index is 0.102. The number of fused-ring (bicyclic) bond motifs is 1. The van der Waals surface area contributed by atoms with E-state index in [0.29, 0.717) is 5.95 Å². The highest BCUT2D eigenvalue weighted by Gasteiger charge is 2.21. The second-order valence-electron chi connectivity index (χ2n) is 5.77. The van der Waals surface area contributed by atoms with E-state index in [4.69, 9.17) is 10.5 Å². The van der Waals surface area contributed by atoms with Crippen molar-refractivity contribution in [1.29, 1.82) is 0 Å². The van der Waals surface area contributed by atoms with Crippen LogP contribution in [0.1, 0.15) is 34.6 Å². The van der Waals surface area contributed by atoms with Gasteiger partial charge in [-0.05, 0) is 46.8 Å². The highest BCUT2D eigenvalue weighted by molar-refractivity contribution is 5.84. The molecule has 0 radical (unpaired) electrons. The number of anilines is 1. The van der Waals surface area contributed by atoms with Gasteiger partial charge in [0, 0.05) is 5.54 Å². The molecule has 0 unspecified atom stereocenters. The Balaban J connectivity index is 2.67. The average molecular weight is 247 g/mol. The molecule has 0 saturated carbocycles. The predicted molar refractivity (Wildman–Crippen MR) is 74.9 cm³/mol. The first-order valence-corrected chi connectivity index (χ1v) is 6.25. The third-order valence-corrected chi connectivity index (χ3v) is 2.71. The fourth-order valence-electron chi connectivity index (χ4n) is 2.15. The Bertz CT molecular complexity index is 564. The number of imidazole rings is 1. The second kappa shape index (κ2) is 4.19. The van der Waals surface area contributed by atoms with Gasteiger partial charge in [0.15, 0.2) is 0 Å². The molecule has 98 valence electrons. The average Bonchev–Trinajstić information content (AvgIpc) is 2.53. The molecule has 0 saturated heterocycles. The van der Waals surface area contributed by atoms with Gasteiger partial charge in [-0.25, -0.2) is 4.98 Å². The second-order valence-corrected chi connectivity index (χ2v) is 5.77. The Hall–Kier alpha value is -1.71. The molecular formula is C14H21N3O. The lowest BCUT2D eigenvalue weighted by molar-refractivity contribution is 0.245. The lowest BCUT2D eigenvalue weighted by Crippen LogP contribution is -2.23. The molecule has 4 heteroatoms. The minimum Gasteiger partial charge on any atom is -0.489 e. The number of nitrogens with zero attached hydrogens (tertiary/aromatic N) is 2. The number of nitrogens with two attached hydrogens (primary N) is 1. The summed E-state index contributed by atoms with van der Waals surface area (Å²) in [6.45, 7) is 10.3. The van der Waals surface area contributed by atoms with Crippen molar-refractivity contribution in [1.82, 2.24) is 9.55 Å². The molecule has 2 rings (SSSR count). The summed E-state index contributed by atoms with van der Waals surface area (Å²) >= 11 is 0. The van der Waals surface area contributed by atoms with Crippen LogP contribution in [0.25, 0.3) is 11.0 Å². The first-order valence-electron chi connectivity index (χ1n) is 6.25. The van der Waals surface area contributed by atoms with Crippen LogP contribution in [0.15, 0.2) is 18.2 Å². The van der Waals surface area contributed by atoms with Crippen LogP contribution in [0.3, 0.4) is 0 Å². The summed E-state index contributed by atoms with van der Waals surface area (Å²) in [7, 11) is 0. The van der Waals surface area contributed by atoms with Crippen LogP contribution in [-0.4, -0.2) is 15.7 Å². The van der Waals surface area contributed by atoms with Crippen LogP contribution in [0.5, 0.6) is 5.75 Å². The maximum Gasteiger partial charge on any atom is 0.201 e. The van der Waals surface area contributed by atoms with Crippen molar-refractivity contribution in [3.8, 4) is 5.75 Å². The van der Waals surface area contributed by atoms with Crippen LogP contribution >= 0.6 is 0 Å². The van der Waals surface area contributed by atoms with Crippen LogP contribution in [0.4, 0.5) is 5.95 Å². The van der Waals surface area contributed by atoms with Crippen molar-refractivity contribution >= 4 is 17.0 Å². The number of hydrogen-bond donors (Lipinski definition) is 1. The van der Waals surface area contributed by atoms with Gasteiger partial charge in [-0.15, -0.1) is 0 Å². The SMILES string of the molecule is CC(C)Oc1cccc2c1nc(N)n2C(C)(C)C. The molecular weight excluding hydrogens is 226 g/mol. The van der Waals surface area contributed by atoms with Crippen LogP contribution in [0, 0.1) is 0 Å². The van der Waals surface area contributed by atoms with Gasteiger partial charge < -0.3 is 15.0 Å². The number of para-hydroxylation sites is 1. The zero-order valence-electron chi connectivity index (χ0n) is 11.7. The van der Waals surface area contributed by atoms with E-state index >= 15 is 0 Å². The summed E-state index contributed by atoms with van der Waals surface area (Å²) < 4.78 is 7.81. The molecule has 0 spiro atoms. The normalized spacial score (nSPS) is 12.3. The maximum atomic E-state index is 6.04. The van der Waals surface area contributed by atoms with Gasteiger partial charge in [-0.3, -0.25) is 0 Å². The van der Waals surface area contributed by atoms with Crippen LogP contribution in [0.2, 0.25) is 0 Å². The van der Waals surface area contributed by atoms with E-state index in [9.17, 15) is 0 Å². The predicted octanol–water partition coefficient (Wildman–Crippen LogP) is 3.16. The highest BCUT2D eigenvalue weighted by atomic mass is 16.5. The standard InChI is InChI=1S/C14H21N3O/c1-9(2)18-11-8-6-7-10-12(11)16-13(15)17(10)14(3,4)5/h6-9H,1-5H3,(H2,15,16). The summed E-state index contributed by atoms with van der Waals surface area (Å²) in [5, 5.41) is 0. The monoisotopic (exact) mass is 247 g/mol. The molecule has 4 nitrogen and oxygen atoms in total. The quantitative estimate of drug-likeness (QED) is 0.886. The Morgan fingerprint density at radius 2 is 1.94 bits per heavy atom. The van der Waals surface area contributed by atoms with Gasteiger partial charge in [-0.2, -0.15) is 0 Å². The van der Waals surface area contributed by atoms with E-state index in [2.05, 4.69) is 25.8 Å². The van der Waals surface area contributed by atoms with Crippen molar-refractivity contribution in [2.75, 3.05) is 5.73 Å². The molecule has 0 bridgehead atoms. The van der Waals surface area contributed by atoms with Gasteiger partial charge in [-0.1, -0.05) is 6.07 Å². The molecule has 0 amide bonds. The first kappa shape index (κ1) is 12.7. The van der Waals surface area contributed by atoms with Gasteiger partial charge >= 0.3 is 0 Å². The molecule has 0 fully saturated rings. The number of rotatable bonds is 2. The van der Waals surface area contributed by atoms with Crippen molar-refractivity contribution in [3.05, 3.63) is 18.2 Å². The van der Waals surface area contributed by atoms with E-state index in [-0.39, 0.29) is 11.6 Å². The molecule has 18 heavy (non-hydrogen) atoms. The fourth-order valence-corrected chi connectivity index (χ4v) is 2.15. The molecule has 0 aliphatic carbocycles. The highest BCUT2D eigenvalue weighted by Crippen LogP contribution is 2.31. The summed E-state index contributed by atoms with van der Waals surface area (Å²) in [5.41, 5.74) is 7.78. The summed E-state index contributed by atoms with van der Waals surface area (Å²) in [4.78, 5) is 4.45. The van der Waals surface area contributed by atoms with Gasteiger partial charge in [0.1, 0.15) is 11.3 Å². The maximum absolute atomic E-state index is 6.04. The largest absolute Gasteiger partial charge is 0.489 e. The van der Waals surface area contributed by atoms with Gasteiger partial charge in [0.25, 0.3) is 0 Å². The van der Waals surface area contributed by atoms with Gasteiger partial charge in [0.2, 0.25) is 5.95 Å². The lowest BCUT2D eigenvalue weighted by Gasteiger charge is -2.23. The first-order chi connectivity index (χ1) is 8.30. The molecule has 0 aliphatic rings. The van der Waals surface area contributed by atoms with Crippen LogP contribution < -0.4 is 10.5 Å². The summed E-state index contributed by atoms with van der Waals surface area (Å²) in [6, 6.07) is 5.93. The molecule has 0 aliphatic heterocycles. The van der Waals surface area contributed by atoms with E-state index in [1.807, 2.05) is 36.6 Å². The third-order valence-electron chi connectivity index (χ3n) is 2.71. The van der Waals surface area contributed by atoms with Crippen molar-refractivity contribution in [2.24, 2.45) is 0 Å². The van der Waals surface area contributed by atoms with Crippen LogP contribution in [-0.2, 0) is 5.54 Å². The zero-order valence-corrected chi connectivity index (χ0v) is 11.7. The fraction of sp³-hybridized carbons (Fsp3) is 0.500. The number of hydrogen-bond acceptors (Lipinski definition) is 3. The molecule has 1 heterocycles. The number of benzene rings is 1. The number of aromatic nitrogens is 2.